The molecule has 1 aromatic carbocycles. The summed E-state index contributed by atoms with van der Waals surface area (Å²) < 4.78 is 4.04. The van der Waals surface area contributed by atoms with E-state index in [9.17, 15) is 4.79 Å². The molecule has 29 heavy (non-hydrogen) atoms. The summed E-state index contributed by atoms with van der Waals surface area (Å²) >= 11 is 1.50. The number of aryl methyl sites for hydroxylation is 1. The van der Waals surface area contributed by atoms with Crippen LogP contribution in [0.25, 0.3) is 16.0 Å². The third-order valence-electron chi connectivity index (χ3n) is 6.09. The van der Waals surface area contributed by atoms with E-state index in [4.69, 9.17) is 4.98 Å². The van der Waals surface area contributed by atoms with E-state index >= 15 is 0 Å². The highest BCUT2D eigenvalue weighted by Crippen LogP contribution is 2.31. The lowest BCUT2D eigenvalue weighted by Gasteiger charge is -2.31. The normalized spacial score (nSPS) is 15.4. The summed E-state index contributed by atoms with van der Waals surface area (Å²) in [5.74, 6) is 0.130. The fraction of sp³-hybridized carbons (Fsp3) is 0.409. The monoisotopic (exact) mass is 407 g/mol. The number of fused-ring (bicyclic) bond motifs is 3. The van der Waals surface area contributed by atoms with Gasteiger partial charge in [-0.15, -0.1) is 0 Å². The minimum Gasteiger partial charge on any atom is -0.338 e. The average Bonchev–Trinajstić information content (AvgIpc) is 3.45. The van der Waals surface area contributed by atoms with E-state index in [1.165, 1.54) is 36.2 Å². The van der Waals surface area contributed by atoms with Crippen molar-refractivity contribution in [1.29, 1.82) is 0 Å². The van der Waals surface area contributed by atoms with Crippen LogP contribution in [0.5, 0.6) is 0 Å². The first-order chi connectivity index (χ1) is 14.1. The van der Waals surface area contributed by atoms with Gasteiger partial charge in [0.05, 0.1) is 17.6 Å². The molecule has 0 spiro atoms. The van der Waals surface area contributed by atoms with Crippen molar-refractivity contribution < 1.29 is 4.79 Å². The third kappa shape index (κ3) is 3.23. The molecular formula is C22H25N5OS. The first kappa shape index (κ1) is 18.4. The van der Waals surface area contributed by atoms with E-state index in [1.54, 1.807) is 6.20 Å². The van der Waals surface area contributed by atoms with Gasteiger partial charge in [0.25, 0.3) is 5.91 Å². The van der Waals surface area contributed by atoms with E-state index in [2.05, 4.69) is 27.7 Å². The fourth-order valence-corrected chi connectivity index (χ4v) is 5.55. The number of carbonyl (C=O) groups excluding carboxylic acids is 1. The van der Waals surface area contributed by atoms with Crippen LogP contribution in [0.1, 0.15) is 53.0 Å². The molecule has 1 aliphatic carbocycles. The first-order valence-electron chi connectivity index (χ1n) is 10.3. The highest BCUT2D eigenvalue weighted by atomic mass is 32.1. The van der Waals surface area contributed by atoms with Crippen molar-refractivity contribution in [3.63, 3.8) is 0 Å². The van der Waals surface area contributed by atoms with Gasteiger partial charge in [0.15, 0.2) is 4.96 Å². The van der Waals surface area contributed by atoms with E-state index < -0.39 is 0 Å². The van der Waals surface area contributed by atoms with Gasteiger partial charge in [-0.05, 0) is 43.5 Å². The van der Waals surface area contributed by atoms with E-state index in [0.717, 1.165) is 46.0 Å². The Kier molecular flexibility index (Phi) is 4.62. The number of benzene rings is 1. The molecule has 6 nitrogen and oxygen atoms in total. The molecule has 1 fully saturated rings. The molecule has 3 heterocycles. The first-order valence-corrected chi connectivity index (χ1v) is 11.1. The van der Waals surface area contributed by atoms with Gasteiger partial charge < -0.3 is 4.90 Å². The Balaban J connectivity index is 1.51. The summed E-state index contributed by atoms with van der Waals surface area (Å²) in [5.41, 5.74) is 4.16. The van der Waals surface area contributed by atoms with Gasteiger partial charge >= 0.3 is 0 Å². The Hall–Kier alpha value is -2.67. The third-order valence-corrected chi connectivity index (χ3v) is 7.22. The van der Waals surface area contributed by atoms with Gasteiger partial charge in [-0.2, -0.15) is 5.10 Å². The minimum absolute atomic E-state index is 0.130. The van der Waals surface area contributed by atoms with Crippen LogP contribution in [0.15, 0.2) is 36.7 Å². The van der Waals surface area contributed by atoms with Crippen LogP contribution < -0.4 is 0 Å². The zero-order valence-electron chi connectivity index (χ0n) is 16.8. The number of thiazole rings is 1. The lowest BCUT2D eigenvalue weighted by molar-refractivity contribution is 0.0700. The van der Waals surface area contributed by atoms with Crippen molar-refractivity contribution in [1.82, 2.24) is 24.1 Å². The maximum atomic E-state index is 13.2. The predicted molar refractivity (Wildman–Crippen MR) is 116 cm³/mol. The molecule has 0 bridgehead atoms. The van der Waals surface area contributed by atoms with Gasteiger partial charge in [-0.25, -0.2) is 4.98 Å². The van der Waals surface area contributed by atoms with Gasteiger partial charge in [0.1, 0.15) is 4.88 Å². The summed E-state index contributed by atoms with van der Waals surface area (Å²) in [7, 11) is 1.96. The largest absolute Gasteiger partial charge is 0.338 e. The van der Waals surface area contributed by atoms with Crippen LogP contribution in [0.3, 0.4) is 0 Å². The molecule has 1 amide bonds. The second kappa shape index (κ2) is 7.30. The standard InChI is InChI=1S/C22H25N5OS/c1-15-20(21(28)25(2)17-7-4-3-5-8-17)29-22-24-18-10-9-16(13-19(18)27(15)22)14-26-12-6-11-23-26/h6,9-13,17H,3-5,7-8,14H2,1-2H3. The molecule has 0 radical (unpaired) electrons. The van der Waals surface area contributed by atoms with Crippen LogP contribution in [0, 0.1) is 6.92 Å². The number of imidazole rings is 1. The molecule has 0 unspecified atom stereocenters. The minimum atomic E-state index is 0.130. The Morgan fingerprint density at radius 2 is 2.10 bits per heavy atom. The Bertz CT molecular complexity index is 1170. The quantitative estimate of drug-likeness (QED) is 0.500. The summed E-state index contributed by atoms with van der Waals surface area (Å²) in [6.07, 6.45) is 9.71. The Labute approximate surface area is 173 Å². The van der Waals surface area contributed by atoms with Crippen molar-refractivity contribution >= 4 is 33.2 Å². The van der Waals surface area contributed by atoms with Crippen molar-refractivity contribution in [2.24, 2.45) is 0 Å². The van der Waals surface area contributed by atoms with Gasteiger partial charge in [0.2, 0.25) is 0 Å². The Morgan fingerprint density at radius 3 is 2.86 bits per heavy atom. The molecule has 0 N–H and O–H groups in total. The van der Waals surface area contributed by atoms with Gasteiger partial charge in [-0.1, -0.05) is 36.7 Å². The Morgan fingerprint density at radius 1 is 1.28 bits per heavy atom. The zero-order chi connectivity index (χ0) is 20.0. The SMILES string of the molecule is Cc1c(C(=O)N(C)C2CCCCC2)sc2nc3ccc(Cn4cccn4)cc3n12. The second-order valence-electron chi connectivity index (χ2n) is 7.98. The van der Waals surface area contributed by atoms with Crippen LogP contribution in [0.4, 0.5) is 0 Å². The van der Waals surface area contributed by atoms with Gasteiger partial charge in [-0.3, -0.25) is 13.9 Å². The topological polar surface area (TPSA) is 55.4 Å². The summed E-state index contributed by atoms with van der Waals surface area (Å²) in [6, 6.07) is 8.61. The number of nitrogens with zero attached hydrogens (tertiary/aromatic N) is 5. The molecule has 1 aliphatic rings. The van der Waals surface area contributed by atoms with E-state index in [-0.39, 0.29) is 5.91 Å². The summed E-state index contributed by atoms with van der Waals surface area (Å²) in [5, 5.41) is 4.30. The van der Waals surface area contributed by atoms with Crippen LogP contribution >= 0.6 is 11.3 Å². The molecule has 7 heteroatoms. The van der Waals surface area contributed by atoms with Crippen LogP contribution in [0.2, 0.25) is 0 Å². The predicted octanol–water partition coefficient (Wildman–Crippen LogP) is 4.51. The highest BCUT2D eigenvalue weighted by molar-refractivity contribution is 7.19. The molecule has 5 rings (SSSR count). The van der Waals surface area contributed by atoms with Crippen LogP contribution in [-0.4, -0.2) is 43.1 Å². The van der Waals surface area contributed by atoms with Crippen molar-refractivity contribution in [3.8, 4) is 0 Å². The molecular weight excluding hydrogens is 382 g/mol. The highest BCUT2D eigenvalue weighted by Gasteiger charge is 2.27. The van der Waals surface area contributed by atoms with Crippen molar-refractivity contribution in [2.45, 2.75) is 51.6 Å². The molecule has 1 saturated carbocycles. The zero-order valence-corrected chi connectivity index (χ0v) is 17.7. The lowest BCUT2D eigenvalue weighted by atomic mass is 9.94. The average molecular weight is 408 g/mol. The summed E-state index contributed by atoms with van der Waals surface area (Å²) in [4.78, 5) is 21.7. The second-order valence-corrected chi connectivity index (χ2v) is 8.96. The number of aromatic nitrogens is 4. The lowest BCUT2D eigenvalue weighted by Crippen LogP contribution is -2.38. The van der Waals surface area contributed by atoms with Crippen molar-refractivity contribution in [3.05, 3.63) is 52.8 Å². The van der Waals surface area contributed by atoms with Crippen LogP contribution in [-0.2, 0) is 6.54 Å². The fourth-order valence-electron chi connectivity index (χ4n) is 4.43. The molecule has 150 valence electrons. The van der Waals surface area contributed by atoms with E-state index in [0.29, 0.717) is 6.04 Å². The van der Waals surface area contributed by atoms with Crippen molar-refractivity contribution in [2.75, 3.05) is 7.05 Å². The number of rotatable bonds is 4. The van der Waals surface area contributed by atoms with E-state index in [1.807, 2.05) is 35.8 Å². The number of hydrogen-bond acceptors (Lipinski definition) is 4. The molecule has 3 aromatic heterocycles. The number of carbonyl (C=O) groups is 1. The smallest absolute Gasteiger partial charge is 0.265 e. The number of amides is 1. The molecule has 0 saturated heterocycles. The summed E-state index contributed by atoms with van der Waals surface area (Å²) in [6.45, 7) is 2.75. The van der Waals surface area contributed by atoms with Gasteiger partial charge in [0, 0.05) is 31.2 Å². The number of hydrogen-bond donors (Lipinski definition) is 0. The molecule has 4 aromatic rings. The molecule has 0 atom stereocenters. The maximum absolute atomic E-state index is 13.2. The maximum Gasteiger partial charge on any atom is 0.265 e. The molecule has 0 aliphatic heterocycles.